The molecule has 1 aliphatic rings. The van der Waals surface area contributed by atoms with Crippen LogP contribution in [0.4, 0.5) is 5.69 Å². The number of rotatable bonds is 2. The number of aromatic nitrogens is 1. The second-order valence-corrected chi connectivity index (χ2v) is 5.21. The zero-order valence-electron chi connectivity index (χ0n) is 11.9. The summed E-state index contributed by atoms with van der Waals surface area (Å²) in [5.41, 5.74) is 10.0. The standard InChI is InChI=1S/C14H22N4O/c1-10-8-16-13(11(2)14(10)15)9-17-4-6-18(7-5-17)12(3)19/h8H,4-7,9H2,1-3H3,(H2,15,16). The Balaban J connectivity index is 2.00. The van der Waals surface area contributed by atoms with Crippen LogP contribution in [-0.4, -0.2) is 46.9 Å². The summed E-state index contributed by atoms with van der Waals surface area (Å²) in [6.07, 6.45) is 1.84. The summed E-state index contributed by atoms with van der Waals surface area (Å²) >= 11 is 0. The fraction of sp³-hybridized carbons (Fsp3) is 0.571. The predicted octanol–water partition coefficient (Wildman–Crippen LogP) is 0.945. The van der Waals surface area contributed by atoms with Crippen LogP contribution >= 0.6 is 0 Å². The molecule has 1 aliphatic heterocycles. The van der Waals surface area contributed by atoms with Crippen molar-refractivity contribution in [2.45, 2.75) is 27.3 Å². The summed E-state index contributed by atoms with van der Waals surface area (Å²) in [6, 6.07) is 0. The maximum absolute atomic E-state index is 11.3. The van der Waals surface area contributed by atoms with Crippen molar-refractivity contribution < 1.29 is 4.79 Å². The van der Waals surface area contributed by atoms with Gasteiger partial charge in [0.2, 0.25) is 5.91 Å². The van der Waals surface area contributed by atoms with Gasteiger partial charge in [-0.2, -0.15) is 0 Å². The van der Waals surface area contributed by atoms with Gasteiger partial charge in [-0.25, -0.2) is 0 Å². The van der Waals surface area contributed by atoms with E-state index >= 15 is 0 Å². The molecule has 0 aromatic carbocycles. The minimum absolute atomic E-state index is 0.161. The lowest BCUT2D eigenvalue weighted by Gasteiger charge is -2.34. The minimum atomic E-state index is 0.161. The third-order valence-electron chi connectivity index (χ3n) is 3.87. The lowest BCUT2D eigenvalue weighted by Crippen LogP contribution is -2.47. The van der Waals surface area contributed by atoms with Crippen molar-refractivity contribution in [3.63, 3.8) is 0 Å². The molecule has 5 nitrogen and oxygen atoms in total. The van der Waals surface area contributed by atoms with Crippen LogP contribution in [0.3, 0.4) is 0 Å². The zero-order chi connectivity index (χ0) is 14.0. The Morgan fingerprint density at radius 2 is 1.95 bits per heavy atom. The predicted molar refractivity (Wildman–Crippen MR) is 75.7 cm³/mol. The molecule has 1 aromatic rings. The number of hydrogen-bond donors (Lipinski definition) is 1. The fourth-order valence-corrected chi connectivity index (χ4v) is 2.38. The highest BCUT2D eigenvalue weighted by atomic mass is 16.2. The van der Waals surface area contributed by atoms with Crippen LogP contribution in [0.5, 0.6) is 0 Å². The first-order valence-corrected chi connectivity index (χ1v) is 6.67. The monoisotopic (exact) mass is 262 g/mol. The topological polar surface area (TPSA) is 62.5 Å². The van der Waals surface area contributed by atoms with Crippen molar-refractivity contribution in [2.75, 3.05) is 31.9 Å². The number of nitrogen functional groups attached to an aromatic ring is 1. The van der Waals surface area contributed by atoms with Crippen LogP contribution in [0.1, 0.15) is 23.7 Å². The number of nitrogens with zero attached hydrogens (tertiary/aromatic N) is 3. The number of aryl methyl sites for hydroxylation is 1. The molecule has 0 saturated carbocycles. The highest BCUT2D eigenvalue weighted by Crippen LogP contribution is 2.19. The minimum Gasteiger partial charge on any atom is -0.398 e. The molecule has 2 rings (SSSR count). The number of piperazine rings is 1. The van der Waals surface area contributed by atoms with Gasteiger partial charge in [0, 0.05) is 51.5 Å². The molecule has 1 saturated heterocycles. The Kier molecular flexibility index (Phi) is 4.04. The molecule has 0 spiro atoms. The van der Waals surface area contributed by atoms with Gasteiger partial charge in [0.05, 0.1) is 5.69 Å². The maximum atomic E-state index is 11.3. The van der Waals surface area contributed by atoms with Crippen LogP contribution in [0.2, 0.25) is 0 Å². The summed E-state index contributed by atoms with van der Waals surface area (Å²) in [5.74, 6) is 0.161. The van der Waals surface area contributed by atoms with Crippen LogP contribution in [-0.2, 0) is 11.3 Å². The van der Waals surface area contributed by atoms with Gasteiger partial charge in [-0.1, -0.05) is 0 Å². The number of pyridine rings is 1. The Morgan fingerprint density at radius 3 is 2.53 bits per heavy atom. The molecule has 0 bridgehead atoms. The van der Waals surface area contributed by atoms with E-state index in [-0.39, 0.29) is 5.91 Å². The molecule has 0 radical (unpaired) electrons. The fourth-order valence-electron chi connectivity index (χ4n) is 2.38. The zero-order valence-corrected chi connectivity index (χ0v) is 11.9. The molecule has 19 heavy (non-hydrogen) atoms. The van der Waals surface area contributed by atoms with Crippen molar-refractivity contribution in [2.24, 2.45) is 0 Å². The highest BCUT2D eigenvalue weighted by Gasteiger charge is 2.19. The third kappa shape index (κ3) is 3.04. The normalized spacial score (nSPS) is 16.7. The second-order valence-electron chi connectivity index (χ2n) is 5.21. The van der Waals surface area contributed by atoms with Crippen molar-refractivity contribution in [1.82, 2.24) is 14.8 Å². The van der Waals surface area contributed by atoms with Crippen LogP contribution < -0.4 is 5.73 Å². The average molecular weight is 262 g/mol. The van der Waals surface area contributed by atoms with Gasteiger partial charge in [0.25, 0.3) is 0 Å². The van der Waals surface area contributed by atoms with E-state index in [0.29, 0.717) is 0 Å². The average Bonchev–Trinajstić information content (AvgIpc) is 2.40. The molecule has 5 heteroatoms. The lowest BCUT2D eigenvalue weighted by atomic mass is 10.1. The first kappa shape index (κ1) is 13.8. The Labute approximate surface area is 114 Å². The molecule has 2 N–H and O–H groups in total. The molecule has 1 amide bonds. The Bertz CT molecular complexity index is 479. The number of nitrogens with two attached hydrogens (primary N) is 1. The van der Waals surface area contributed by atoms with Crippen LogP contribution in [0, 0.1) is 13.8 Å². The maximum Gasteiger partial charge on any atom is 0.219 e. The van der Waals surface area contributed by atoms with Crippen LogP contribution in [0.25, 0.3) is 0 Å². The number of hydrogen-bond acceptors (Lipinski definition) is 4. The number of anilines is 1. The number of amides is 1. The van der Waals surface area contributed by atoms with Crippen molar-refractivity contribution in [3.8, 4) is 0 Å². The molecular weight excluding hydrogens is 240 g/mol. The second kappa shape index (κ2) is 5.57. The largest absolute Gasteiger partial charge is 0.398 e. The summed E-state index contributed by atoms with van der Waals surface area (Å²) < 4.78 is 0. The smallest absolute Gasteiger partial charge is 0.219 e. The van der Waals surface area contributed by atoms with E-state index in [1.165, 1.54) is 0 Å². The van der Waals surface area contributed by atoms with Gasteiger partial charge in [-0.15, -0.1) is 0 Å². The molecule has 0 aliphatic carbocycles. The number of carbonyl (C=O) groups excluding carboxylic acids is 1. The van der Waals surface area contributed by atoms with Crippen molar-refractivity contribution >= 4 is 11.6 Å². The van der Waals surface area contributed by atoms with E-state index < -0.39 is 0 Å². The molecule has 104 valence electrons. The first-order valence-electron chi connectivity index (χ1n) is 6.67. The summed E-state index contributed by atoms with van der Waals surface area (Å²) in [5, 5.41) is 0. The van der Waals surface area contributed by atoms with E-state index in [0.717, 1.165) is 55.2 Å². The quantitative estimate of drug-likeness (QED) is 0.862. The molecule has 0 unspecified atom stereocenters. The Morgan fingerprint density at radius 1 is 1.32 bits per heavy atom. The van der Waals surface area contributed by atoms with Crippen molar-refractivity contribution in [3.05, 3.63) is 23.0 Å². The SMILES string of the molecule is CC(=O)N1CCN(Cc2ncc(C)c(N)c2C)CC1. The molecule has 1 fully saturated rings. The highest BCUT2D eigenvalue weighted by molar-refractivity contribution is 5.73. The molecular formula is C14H22N4O. The van der Waals surface area contributed by atoms with Gasteiger partial charge in [-0.05, 0) is 25.0 Å². The van der Waals surface area contributed by atoms with Gasteiger partial charge in [0.1, 0.15) is 0 Å². The molecule has 2 heterocycles. The summed E-state index contributed by atoms with van der Waals surface area (Å²) in [7, 11) is 0. The van der Waals surface area contributed by atoms with E-state index in [4.69, 9.17) is 5.73 Å². The molecule has 1 aromatic heterocycles. The lowest BCUT2D eigenvalue weighted by molar-refractivity contribution is -0.130. The van der Waals surface area contributed by atoms with Gasteiger partial charge in [-0.3, -0.25) is 14.7 Å². The van der Waals surface area contributed by atoms with E-state index in [2.05, 4.69) is 9.88 Å². The van der Waals surface area contributed by atoms with E-state index in [9.17, 15) is 4.79 Å². The summed E-state index contributed by atoms with van der Waals surface area (Å²) in [4.78, 5) is 20.0. The first-order chi connectivity index (χ1) is 8.99. The van der Waals surface area contributed by atoms with Crippen molar-refractivity contribution in [1.29, 1.82) is 0 Å². The third-order valence-corrected chi connectivity index (χ3v) is 3.87. The Hall–Kier alpha value is -1.62. The van der Waals surface area contributed by atoms with Gasteiger partial charge in [0.15, 0.2) is 0 Å². The van der Waals surface area contributed by atoms with Crippen LogP contribution in [0.15, 0.2) is 6.20 Å². The van der Waals surface area contributed by atoms with E-state index in [1.54, 1.807) is 6.92 Å². The number of carbonyl (C=O) groups is 1. The van der Waals surface area contributed by atoms with Gasteiger partial charge < -0.3 is 10.6 Å². The molecule has 0 atom stereocenters. The van der Waals surface area contributed by atoms with Gasteiger partial charge >= 0.3 is 0 Å². The summed E-state index contributed by atoms with van der Waals surface area (Å²) in [6.45, 7) is 9.83. The van der Waals surface area contributed by atoms with E-state index in [1.807, 2.05) is 24.9 Å².